The Morgan fingerprint density at radius 2 is 1.95 bits per heavy atom. The molecule has 0 bridgehead atoms. The maximum absolute atomic E-state index is 12.0. The molecule has 0 unspecified atom stereocenters. The van der Waals surface area contributed by atoms with Gasteiger partial charge in [-0.3, -0.25) is 4.79 Å². The number of amides is 1. The molecule has 104 valence electrons. The van der Waals surface area contributed by atoms with Gasteiger partial charge in [-0.1, -0.05) is 38.2 Å². The predicted octanol–water partition coefficient (Wildman–Crippen LogP) is 1.39. The van der Waals surface area contributed by atoms with Crippen molar-refractivity contribution in [2.75, 3.05) is 26.2 Å². The number of carbonyl (C=O) groups excluding carboxylic acids is 1. The first-order valence-corrected chi connectivity index (χ1v) is 6.89. The molecule has 0 aromatic heterocycles. The predicted molar refractivity (Wildman–Crippen MR) is 82.5 cm³/mol. The number of nitrogens with one attached hydrogen (secondary N) is 1. The van der Waals surface area contributed by atoms with E-state index in [-0.39, 0.29) is 5.91 Å². The monoisotopic (exact) mass is 279 g/mol. The number of thiocarbonyl (C=S) groups is 1. The van der Waals surface area contributed by atoms with Gasteiger partial charge in [-0.05, 0) is 25.2 Å². The summed E-state index contributed by atoms with van der Waals surface area (Å²) < 4.78 is 0. The molecule has 5 heteroatoms. The van der Waals surface area contributed by atoms with Crippen molar-refractivity contribution >= 4 is 23.1 Å². The zero-order valence-corrected chi connectivity index (χ0v) is 12.3. The second-order valence-electron chi connectivity index (χ2n) is 4.23. The summed E-state index contributed by atoms with van der Waals surface area (Å²) in [5.41, 5.74) is 6.85. The zero-order chi connectivity index (χ0) is 14.3. The number of likely N-dealkylation sites (N-methyl/N-ethyl adjacent to an activating group) is 1. The van der Waals surface area contributed by atoms with Crippen LogP contribution in [0, 0.1) is 0 Å². The van der Waals surface area contributed by atoms with Crippen LogP contribution in [-0.4, -0.2) is 42.0 Å². The van der Waals surface area contributed by atoms with Gasteiger partial charge in [0.1, 0.15) is 4.99 Å². The van der Waals surface area contributed by atoms with Crippen molar-refractivity contribution in [3.05, 3.63) is 35.4 Å². The van der Waals surface area contributed by atoms with Crippen LogP contribution >= 0.6 is 12.2 Å². The molecular formula is C14H21N3OS. The molecule has 0 saturated heterocycles. The van der Waals surface area contributed by atoms with Crippen molar-refractivity contribution < 1.29 is 4.79 Å². The van der Waals surface area contributed by atoms with Crippen LogP contribution in [0.25, 0.3) is 0 Å². The molecule has 0 fully saturated rings. The molecule has 0 aliphatic heterocycles. The molecule has 0 heterocycles. The number of hydrogen-bond acceptors (Lipinski definition) is 3. The fourth-order valence-electron chi connectivity index (χ4n) is 1.78. The molecule has 1 rings (SSSR count). The summed E-state index contributed by atoms with van der Waals surface area (Å²) in [7, 11) is 0. The van der Waals surface area contributed by atoms with Crippen molar-refractivity contribution in [3.63, 3.8) is 0 Å². The summed E-state index contributed by atoms with van der Waals surface area (Å²) in [6, 6.07) is 7.06. The Morgan fingerprint density at radius 1 is 1.32 bits per heavy atom. The number of carbonyl (C=O) groups is 1. The van der Waals surface area contributed by atoms with E-state index in [4.69, 9.17) is 18.0 Å². The Balaban J connectivity index is 2.54. The van der Waals surface area contributed by atoms with Crippen LogP contribution in [0.1, 0.15) is 29.8 Å². The molecule has 0 radical (unpaired) electrons. The van der Waals surface area contributed by atoms with E-state index >= 15 is 0 Å². The SMILES string of the molecule is CCN(CC)CCNC(=O)c1cccc(C(N)=S)c1. The third-order valence-corrected chi connectivity index (χ3v) is 3.25. The van der Waals surface area contributed by atoms with E-state index in [0.717, 1.165) is 19.6 Å². The highest BCUT2D eigenvalue weighted by molar-refractivity contribution is 7.80. The van der Waals surface area contributed by atoms with Crippen molar-refractivity contribution in [2.45, 2.75) is 13.8 Å². The average molecular weight is 279 g/mol. The van der Waals surface area contributed by atoms with Gasteiger partial charge in [0.15, 0.2) is 0 Å². The third kappa shape index (κ3) is 4.96. The molecule has 0 atom stereocenters. The second kappa shape index (κ2) is 7.86. The van der Waals surface area contributed by atoms with Crippen LogP contribution in [0.3, 0.4) is 0 Å². The summed E-state index contributed by atoms with van der Waals surface area (Å²) in [5.74, 6) is -0.0924. The van der Waals surface area contributed by atoms with E-state index in [1.807, 2.05) is 0 Å². The Hall–Kier alpha value is -1.46. The quantitative estimate of drug-likeness (QED) is 0.741. The van der Waals surface area contributed by atoms with Gasteiger partial charge in [-0.2, -0.15) is 0 Å². The standard InChI is InChI=1S/C14H21N3OS/c1-3-17(4-2)9-8-16-14(18)12-7-5-6-11(10-12)13(15)19/h5-7,10H,3-4,8-9H2,1-2H3,(H2,15,19)(H,16,18). The molecule has 0 saturated carbocycles. The molecule has 1 amide bonds. The van der Waals surface area contributed by atoms with Gasteiger partial charge in [0, 0.05) is 24.2 Å². The van der Waals surface area contributed by atoms with Crippen LogP contribution in [0.5, 0.6) is 0 Å². The number of rotatable bonds is 7. The van der Waals surface area contributed by atoms with E-state index in [2.05, 4.69) is 24.1 Å². The van der Waals surface area contributed by atoms with E-state index in [1.54, 1.807) is 24.3 Å². The number of nitrogens with zero attached hydrogens (tertiary/aromatic N) is 1. The summed E-state index contributed by atoms with van der Waals surface area (Å²) >= 11 is 4.90. The summed E-state index contributed by atoms with van der Waals surface area (Å²) in [6.07, 6.45) is 0. The number of nitrogens with two attached hydrogens (primary N) is 1. The lowest BCUT2D eigenvalue weighted by molar-refractivity contribution is 0.0949. The minimum atomic E-state index is -0.0924. The lowest BCUT2D eigenvalue weighted by atomic mass is 10.1. The fraction of sp³-hybridized carbons (Fsp3) is 0.429. The van der Waals surface area contributed by atoms with E-state index in [1.165, 1.54) is 0 Å². The molecule has 0 spiro atoms. The molecular weight excluding hydrogens is 258 g/mol. The third-order valence-electron chi connectivity index (χ3n) is 3.02. The largest absolute Gasteiger partial charge is 0.389 e. The van der Waals surface area contributed by atoms with Gasteiger partial charge in [0.25, 0.3) is 5.91 Å². The molecule has 19 heavy (non-hydrogen) atoms. The summed E-state index contributed by atoms with van der Waals surface area (Å²) in [6.45, 7) is 7.69. The van der Waals surface area contributed by atoms with Crippen LogP contribution in [0.2, 0.25) is 0 Å². The minimum Gasteiger partial charge on any atom is -0.389 e. The first kappa shape index (κ1) is 15.6. The van der Waals surface area contributed by atoms with Crippen LogP contribution < -0.4 is 11.1 Å². The Labute approximate surface area is 120 Å². The summed E-state index contributed by atoms with van der Waals surface area (Å²) in [5, 5.41) is 2.90. The molecule has 4 nitrogen and oxygen atoms in total. The molecule has 3 N–H and O–H groups in total. The van der Waals surface area contributed by atoms with Crippen molar-refractivity contribution in [3.8, 4) is 0 Å². The topological polar surface area (TPSA) is 58.4 Å². The minimum absolute atomic E-state index is 0.0924. The Bertz CT molecular complexity index is 444. The second-order valence-corrected chi connectivity index (χ2v) is 4.67. The van der Waals surface area contributed by atoms with Crippen molar-refractivity contribution in [2.24, 2.45) is 5.73 Å². The molecule has 0 aliphatic carbocycles. The van der Waals surface area contributed by atoms with Gasteiger partial charge in [0.05, 0.1) is 0 Å². The number of benzene rings is 1. The van der Waals surface area contributed by atoms with Crippen LogP contribution in [0.4, 0.5) is 0 Å². The lowest BCUT2D eigenvalue weighted by Crippen LogP contribution is -2.34. The number of hydrogen-bond donors (Lipinski definition) is 2. The van der Waals surface area contributed by atoms with Crippen LogP contribution in [0.15, 0.2) is 24.3 Å². The molecule has 0 aliphatic rings. The van der Waals surface area contributed by atoms with E-state index in [9.17, 15) is 4.79 Å². The normalized spacial score (nSPS) is 10.5. The van der Waals surface area contributed by atoms with Gasteiger partial charge >= 0.3 is 0 Å². The van der Waals surface area contributed by atoms with E-state index < -0.39 is 0 Å². The highest BCUT2D eigenvalue weighted by Gasteiger charge is 2.07. The smallest absolute Gasteiger partial charge is 0.251 e. The molecule has 1 aromatic carbocycles. The highest BCUT2D eigenvalue weighted by Crippen LogP contribution is 2.05. The van der Waals surface area contributed by atoms with Gasteiger partial charge in [-0.15, -0.1) is 0 Å². The van der Waals surface area contributed by atoms with Crippen LogP contribution in [-0.2, 0) is 0 Å². The Morgan fingerprint density at radius 3 is 2.53 bits per heavy atom. The fourth-order valence-corrected chi connectivity index (χ4v) is 1.91. The maximum Gasteiger partial charge on any atom is 0.251 e. The maximum atomic E-state index is 12.0. The van der Waals surface area contributed by atoms with E-state index in [0.29, 0.717) is 22.7 Å². The van der Waals surface area contributed by atoms with Gasteiger partial charge < -0.3 is 16.0 Å². The Kier molecular flexibility index (Phi) is 6.45. The van der Waals surface area contributed by atoms with Gasteiger partial charge in [-0.25, -0.2) is 0 Å². The highest BCUT2D eigenvalue weighted by atomic mass is 32.1. The van der Waals surface area contributed by atoms with Crippen molar-refractivity contribution in [1.82, 2.24) is 10.2 Å². The average Bonchev–Trinajstić information content (AvgIpc) is 2.43. The first-order valence-electron chi connectivity index (χ1n) is 6.48. The van der Waals surface area contributed by atoms with Crippen molar-refractivity contribution in [1.29, 1.82) is 0 Å². The zero-order valence-electron chi connectivity index (χ0n) is 11.5. The lowest BCUT2D eigenvalue weighted by Gasteiger charge is -2.18. The van der Waals surface area contributed by atoms with Gasteiger partial charge in [0.2, 0.25) is 0 Å². The summed E-state index contributed by atoms with van der Waals surface area (Å²) in [4.78, 5) is 14.5. The molecule has 1 aromatic rings. The first-order chi connectivity index (χ1) is 9.08.